The van der Waals surface area contributed by atoms with Crippen LogP contribution in [0.15, 0.2) is 119 Å². The van der Waals surface area contributed by atoms with Gasteiger partial charge in [0.2, 0.25) is 0 Å². The van der Waals surface area contributed by atoms with Crippen molar-refractivity contribution in [3.05, 3.63) is 130 Å². The summed E-state index contributed by atoms with van der Waals surface area (Å²) in [6, 6.07) is 22.2. The second kappa shape index (κ2) is 9.76. The Labute approximate surface area is 218 Å². The Morgan fingerprint density at radius 3 is 1.81 bits per heavy atom. The largest absolute Gasteiger partial charge is 0.112 e. The first-order chi connectivity index (χ1) is 17.3. The van der Waals surface area contributed by atoms with Gasteiger partial charge in [-0.05, 0) is 69.9 Å². The van der Waals surface area contributed by atoms with Crippen LogP contribution in [0, 0.1) is 23.7 Å². The molecule has 0 N–H and O–H groups in total. The summed E-state index contributed by atoms with van der Waals surface area (Å²) in [5, 5.41) is 0. The van der Waals surface area contributed by atoms with Gasteiger partial charge in [-0.3, -0.25) is 0 Å². The molecule has 3 aliphatic carbocycles. The molecule has 1 fully saturated rings. The summed E-state index contributed by atoms with van der Waals surface area (Å²) in [5.41, 5.74) is 15.2. The fourth-order valence-electron chi connectivity index (χ4n) is 5.73. The van der Waals surface area contributed by atoms with Gasteiger partial charge in [0.15, 0.2) is 0 Å². The predicted octanol–water partition coefficient (Wildman–Crippen LogP) is 9.64. The number of hydrogen-bond donors (Lipinski definition) is 0. The number of hydrogen-bond acceptors (Lipinski definition) is 0. The van der Waals surface area contributed by atoms with E-state index >= 15 is 0 Å². The summed E-state index contributed by atoms with van der Waals surface area (Å²) in [4.78, 5) is 0. The van der Waals surface area contributed by atoms with Crippen molar-refractivity contribution in [2.24, 2.45) is 23.7 Å². The fraction of sp³-hybridized carbons (Fsp3) is 0.361. The Balaban J connectivity index is 1.79. The van der Waals surface area contributed by atoms with Crippen LogP contribution in [0.5, 0.6) is 0 Å². The summed E-state index contributed by atoms with van der Waals surface area (Å²) >= 11 is 0. The van der Waals surface area contributed by atoms with Crippen LogP contribution in [-0.2, 0) is 5.41 Å². The molecular formula is C36H40. The van der Waals surface area contributed by atoms with Gasteiger partial charge in [-0.25, -0.2) is 0 Å². The van der Waals surface area contributed by atoms with E-state index < -0.39 is 0 Å². The quantitative estimate of drug-likeness (QED) is 0.335. The number of benzene rings is 2. The second-order valence-corrected chi connectivity index (χ2v) is 11.8. The normalized spacial score (nSPS) is 21.6. The maximum Gasteiger partial charge on any atom is 0.0546 e. The van der Waals surface area contributed by atoms with Crippen LogP contribution in [0.4, 0.5) is 0 Å². The van der Waals surface area contributed by atoms with E-state index in [2.05, 4.69) is 132 Å². The zero-order valence-corrected chi connectivity index (χ0v) is 22.8. The summed E-state index contributed by atoms with van der Waals surface area (Å²) in [6.45, 7) is 14.2. The molecule has 2 aromatic rings. The topological polar surface area (TPSA) is 0 Å². The molecule has 0 heterocycles. The maximum absolute atomic E-state index is 4.12. The van der Waals surface area contributed by atoms with E-state index in [9.17, 15) is 0 Å². The highest BCUT2D eigenvalue weighted by Crippen LogP contribution is 2.66. The third-order valence-corrected chi connectivity index (χ3v) is 8.85. The summed E-state index contributed by atoms with van der Waals surface area (Å²) in [5.74, 6) is 2.47. The summed E-state index contributed by atoms with van der Waals surface area (Å²) in [6.07, 6.45) is 11.3. The van der Waals surface area contributed by atoms with E-state index in [1.54, 1.807) is 0 Å². The molecule has 0 saturated heterocycles. The fourth-order valence-corrected chi connectivity index (χ4v) is 5.73. The standard InChI is InChI=1S/C36H40/c1-24(2)26(5)21-31(28-13-9-7-10-14-28)22-33-35(34-29-17-18-30(34)20-19-29)36(33,23-27(6)25(3)4)32-15-11-8-12-16-32/h7-20,24-27H,21,23H2,1-6H3. The lowest BCUT2D eigenvalue weighted by atomic mass is 9.80. The van der Waals surface area contributed by atoms with Gasteiger partial charge >= 0.3 is 0 Å². The third kappa shape index (κ3) is 4.33. The van der Waals surface area contributed by atoms with Crippen molar-refractivity contribution in [2.45, 2.75) is 59.8 Å². The van der Waals surface area contributed by atoms with Crippen molar-refractivity contribution >= 4 is 5.57 Å². The number of fused-ring (bicyclic) bond motifs is 2. The first-order valence-corrected chi connectivity index (χ1v) is 13.8. The van der Waals surface area contributed by atoms with Gasteiger partial charge in [-0.15, -0.1) is 5.73 Å². The van der Waals surface area contributed by atoms with E-state index in [4.69, 9.17) is 0 Å². The SMILES string of the molecule is CC(C)C(C)CC(=C=C1C(=C2C3=CC=C2C=C3)C1(CC(C)C(C)C)c1ccccc1)c1ccccc1. The molecule has 0 nitrogen and oxygen atoms in total. The lowest BCUT2D eigenvalue weighted by Crippen LogP contribution is -2.17. The molecule has 0 aromatic heterocycles. The van der Waals surface area contributed by atoms with Gasteiger partial charge in [0.1, 0.15) is 0 Å². The molecule has 0 spiro atoms. The Kier molecular flexibility index (Phi) is 6.67. The Bertz CT molecular complexity index is 1290. The third-order valence-electron chi connectivity index (χ3n) is 8.85. The summed E-state index contributed by atoms with van der Waals surface area (Å²) in [7, 11) is 0. The first kappa shape index (κ1) is 24.6. The molecule has 0 aliphatic heterocycles. The lowest BCUT2D eigenvalue weighted by molar-refractivity contribution is 0.365. The highest BCUT2D eigenvalue weighted by molar-refractivity contribution is 5.85. The van der Waals surface area contributed by atoms with Gasteiger partial charge in [0.05, 0.1) is 5.41 Å². The molecule has 3 atom stereocenters. The molecule has 2 bridgehead atoms. The molecule has 3 aliphatic rings. The van der Waals surface area contributed by atoms with Crippen molar-refractivity contribution in [1.82, 2.24) is 0 Å². The van der Waals surface area contributed by atoms with Gasteiger partial charge in [0.25, 0.3) is 0 Å². The highest BCUT2D eigenvalue weighted by atomic mass is 14.6. The van der Waals surface area contributed by atoms with Gasteiger partial charge in [-0.2, -0.15) is 0 Å². The zero-order chi connectivity index (χ0) is 25.4. The van der Waals surface area contributed by atoms with E-state index in [1.165, 1.54) is 44.6 Å². The molecular weight excluding hydrogens is 432 g/mol. The smallest absolute Gasteiger partial charge is 0.0546 e. The highest BCUT2D eigenvalue weighted by Gasteiger charge is 2.59. The molecule has 5 rings (SSSR count). The molecule has 2 aromatic carbocycles. The molecule has 0 amide bonds. The van der Waals surface area contributed by atoms with Crippen LogP contribution >= 0.6 is 0 Å². The average molecular weight is 473 g/mol. The van der Waals surface area contributed by atoms with Crippen LogP contribution in [0.2, 0.25) is 0 Å². The van der Waals surface area contributed by atoms with Crippen LogP contribution in [0.25, 0.3) is 5.57 Å². The minimum Gasteiger partial charge on any atom is -0.112 e. The van der Waals surface area contributed by atoms with Gasteiger partial charge in [0, 0.05) is 11.1 Å². The van der Waals surface area contributed by atoms with Crippen molar-refractivity contribution in [2.75, 3.05) is 0 Å². The van der Waals surface area contributed by atoms with Crippen molar-refractivity contribution in [1.29, 1.82) is 0 Å². The van der Waals surface area contributed by atoms with Gasteiger partial charge < -0.3 is 0 Å². The van der Waals surface area contributed by atoms with Crippen molar-refractivity contribution in [3.63, 3.8) is 0 Å². The van der Waals surface area contributed by atoms with E-state index in [-0.39, 0.29) is 5.41 Å². The van der Waals surface area contributed by atoms with Crippen molar-refractivity contribution in [3.8, 4) is 0 Å². The lowest BCUT2D eigenvalue weighted by Gasteiger charge is -2.23. The van der Waals surface area contributed by atoms with Crippen LogP contribution in [0.1, 0.15) is 65.5 Å². The van der Waals surface area contributed by atoms with E-state index in [1.807, 2.05) is 0 Å². The number of rotatable bonds is 8. The zero-order valence-electron chi connectivity index (χ0n) is 22.8. The van der Waals surface area contributed by atoms with E-state index in [0.29, 0.717) is 23.7 Å². The number of allylic oxidation sites excluding steroid dienone is 9. The predicted molar refractivity (Wildman–Crippen MR) is 155 cm³/mol. The Hall–Kier alpha value is -3.08. The van der Waals surface area contributed by atoms with Gasteiger partial charge in [-0.1, -0.05) is 127 Å². The molecule has 0 heteroatoms. The summed E-state index contributed by atoms with van der Waals surface area (Å²) < 4.78 is 0. The van der Waals surface area contributed by atoms with Crippen LogP contribution in [-0.4, -0.2) is 0 Å². The molecule has 3 unspecified atom stereocenters. The first-order valence-electron chi connectivity index (χ1n) is 13.8. The molecule has 184 valence electrons. The second-order valence-electron chi connectivity index (χ2n) is 11.8. The Morgan fingerprint density at radius 2 is 1.28 bits per heavy atom. The van der Waals surface area contributed by atoms with Crippen LogP contribution in [0.3, 0.4) is 0 Å². The average Bonchev–Trinajstić information content (AvgIpc) is 3.15. The van der Waals surface area contributed by atoms with Crippen LogP contribution < -0.4 is 0 Å². The maximum atomic E-state index is 4.12. The van der Waals surface area contributed by atoms with Crippen molar-refractivity contribution < 1.29 is 0 Å². The molecule has 36 heavy (non-hydrogen) atoms. The molecule has 0 radical (unpaired) electrons. The Morgan fingerprint density at radius 1 is 0.722 bits per heavy atom. The minimum absolute atomic E-state index is 0.0735. The minimum atomic E-state index is -0.0735. The van der Waals surface area contributed by atoms with E-state index in [0.717, 1.165) is 12.8 Å². The molecule has 1 saturated carbocycles. The monoisotopic (exact) mass is 472 g/mol.